The zero-order chi connectivity index (χ0) is 9.10. The van der Waals surface area contributed by atoms with E-state index in [-0.39, 0.29) is 0 Å². The zero-order valence-corrected chi connectivity index (χ0v) is 7.33. The molecule has 13 heavy (non-hydrogen) atoms. The lowest BCUT2D eigenvalue weighted by molar-refractivity contribution is 1.37. The molecule has 1 nitrogen and oxygen atoms in total. The molecule has 1 aliphatic rings. The van der Waals surface area contributed by atoms with Crippen LogP contribution in [0.5, 0.6) is 0 Å². The van der Waals surface area contributed by atoms with Gasteiger partial charge in [-0.3, -0.25) is 0 Å². The highest BCUT2D eigenvalue weighted by molar-refractivity contribution is 6.23. The second-order valence-electron chi connectivity index (χ2n) is 3.06. The largest absolute Gasteiger partial charge is 0.304 e. The van der Waals surface area contributed by atoms with Gasteiger partial charge >= 0.3 is 0 Å². The van der Waals surface area contributed by atoms with Crippen LogP contribution >= 0.6 is 0 Å². The number of benzene rings is 1. The zero-order valence-electron chi connectivity index (χ0n) is 7.33. The van der Waals surface area contributed by atoms with Crippen molar-refractivity contribution in [2.45, 2.75) is 6.42 Å². The lowest BCUT2D eigenvalue weighted by Gasteiger charge is -2.10. The van der Waals surface area contributed by atoms with Crippen LogP contribution in [0.3, 0.4) is 0 Å². The number of hydrogen-bond acceptors (Lipinski definition) is 1. The molecule has 1 aliphatic carbocycles. The van der Waals surface area contributed by atoms with Crippen molar-refractivity contribution in [1.29, 1.82) is 5.41 Å². The van der Waals surface area contributed by atoms with Crippen molar-refractivity contribution >= 4 is 11.3 Å². The van der Waals surface area contributed by atoms with Gasteiger partial charge in [-0.25, -0.2) is 0 Å². The van der Waals surface area contributed by atoms with E-state index in [9.17, 15) is 0 Å². The van der Waals surface area contributed by atoms with Gasteiger partial charge < -0.3 is 5.41 Å². The van der Waals surface area contributed by atoms with E-state index in [4.69, 9.17) is 5.41 Å². The third-order valence-corrected chi connectivity index (χ3v) is 2.13. The molecule has 1 heteroatoms. The summed E-state index contributed by atoms with van der Waals surface area (Å²) in [5.74, 6) is 0. The first-order chi connectivity index (χ1) is 6.38. The van der Waals surface area contributed by atoms with Crippen LogP contribution in [0.25, 0.3) is 5.57 Å². The van der Waals surface area contributed by atoms with E-state index in [1.165, 1.54) is 0 Å². The van der Waals surface area contributed by atoms with Crippen molar-refractivity contribution in [3.05, 3.63) is 54.1 Å². The Morgan fingerprint density at radius 3 is 2.54 bits per heavy atom. The summed E-state index contributed by atoms with van der Waals surface area (Å²) in [5, 5.41) is 7.76. The van der Waals surface area contributed by atoms with Gasteiger partial charge in [0, 0.05) is 17.7 Å². The number of nitrogens with one attached hydrogen (secondary N) is 1. The Hall–Kier alpha value is -1.63. The third-order valence-electron chi connectivity index (χ3n) is 2.13. The standard InChI is InChI=1S/C12H11N/c13-12-9-5-4-8-11(12)10-6-2-1-3-7-10/h1-8,13H,9H2. The molecule has 0 bridgehead atoms. The second kappa shape index (κ2) is 3.40. The molecule has 0 unspecified atom stereocenters. The van der Waals surface area contributed by atoms with Crippen LogP contribution in [-0.2, 0) is 0 Å². The van der Waals surface area contributed by atoms with Crippen molar-refractivity contribution in [3.63, 3.8) is 0 Å². The molecule has 1 N–H and O–H groups in total. The molecule has 1 aromatic carbocycles. The van der Waals surface area contributed by atoms with Crippen LogP contribution in [0.15, 0.2) is 48.6 Å². The van der Waals surface area contributed by atoms with Crippen LogP contribution in [0, 0.1) is 5.41 Å². The highest BCUT2D eigenvalue weighted by atomic mass is 14.4. The Balaban J connectivity index is 2.41. The monoisotopic (exact) mass is 169 g/mol. The maximum atomic E-state index is 7.76. The molecular weight excluding hydrogens is 158 g/mol. The normalized spacial score (nSPS) is 15.7. The second-order valence-corrected chi connectivity index (χ2v) is 3.06. The minimum Gasteiger partial charge on any atom is -0.304 e. The molecule has 0 spiro atoms. The SMILES string of the molecule is N=C1CC=CC=C1c1ccccc1. The van der Waals surface area contributed by atoms with Crippen LogP contribution in [-0.4, -0.2) is 5.71 Å². The van der Waals surface area contributed by atoms with Crippen molar-refractivity contribution in [1.82, 2.24) is 0 Å². The van der Waals surface area contributed by atoms with E-state index in [1.54, 1.807) is 0 Å². The number of allylic oxidation sites excluding steroid dienone is 4. The fraction of sp³-hybridized carbons (Fsp3) is 0.0833. The Kier molecular flexibility index (Phi) is 2.09. The van der Waals surface area contributed by atoms with Crippen molar-refractivity contribution < 1.29 is 0 Å². The highest BCUT2D eigenvalue weighted by Gasteiger charge is 2.07. The summed E-state index contributed by atoms with van der Waals surface area (Å²) >= 11 is 0. The van der Waals surface area contributed by atoms with Gasteiger partial charge in [0.25, 0.3) is 0 Å². The maximum absolute atomic E-state index is 7.76. The van der Waals surface area contributed by atoms with Crippen molar-refractivity contribution in [2.24, 2.45) is 0 Å². The maximum Gasteiger partial charge on any atom is 0.0429 e. The summed E-state index contributed by atoms with van der Waals surface area (Å²) < 4.78 is 0. The first kappa shape index (κ1) is 7.99. The van der Waals surface area contributed by atoms with Gasteiger partial charge in [-0.05, 0) is 5.56 Å². The third kappa shape index (κ3) is 1.59. The summed E-state index contributed by atoms with van der Waals surface area (Å²) in [6.07, 6.45) is 6.77. The van der Waals surface area contributed by atoms with Gasteiger partial charge in [0.15, 0.2) is 0 Å². The molecule has 0 atom stereocenters. The molecule has 0 heterocycles. The summed E-state index contributed by atoms with van der Waals surface area (Å²) in [4.78, 5) is 0. The summed E-state index contributed by atoms with van der Waals surface area (Å²) in [6, 6.07) is 10.1. The van der Waals surface area contributed by atoms with E-state index in [0.717, 1.165) is 17.6 Å². The lowest BCUT2D eigenvalue weighted by Crippen LogP contribution is -2.01. The van der Waals surface area contributed by atoms with E-state index in [1.807, 2.05) is 48.6 Å². The minimum absolute atomic E-state index is 0.703. The Morgan fingerprint density at radius 2 is 1.85 bits per heavy atom. The van der Waals surface area contributed by atoms with Gasteiger partial charge in [-0.2, -0.15) is 0 Å². The lowest BCUT2D eigenvalue weighted by atomic mass is 9.96. The predicted octanol–water partition coefficient (Wildman–Crippen LogP) is 3.05. The van der Waals surface area contributed by atoms with Gasteiger partial charge in [0.2, 0.25) is 0 Å². The molecule has 0 fully saturated rings. The first-order valence-corrected chi connectivity index (χ1v) is 4.38. The van der Waals surface area contributed by atoms with Crippen LogP contribution < -0.4 is 0 Å². The minimum atomic E-state index is 0.703. The molecule has 0 saturated carbocycles. The van der Waals surface area contributed by atoms with Gasteiger partial charge in [-0.1, -0.05) is 48.6 Å². The molecule has 0 amide bonds. The predicted molar refractivity (Wildman–Crippen MR) is 55.9 cm³/mol. The summed E-state index contributed by atoms with van der Waals surface area (Å²) in [6.45, 7) is 0. The molecule has 0 saturated heterocycles. The van der Waals surface area contributed by atoms with Gasteiger partial charge in [0.1, 0.15) is 0 Å². The molecule has 2 rings (SSSR count). The Morgan fingerprint density at radius 1 is 1.08 bits per heavy atom. The summed E-state index contributed by atoms with van der Waals surface area (Å²) in [7, 11) is 0. The van der Waals surface area contributed by atoms with E-state index in [0.29, 0.717) is 5.71 Å². The molecule has 64 valence electrons. The number of rotatable bonds is 1. The molecular formula is C12H11N. The van der Waals surface area contributed by atoms with Crippen molar-refractivity contribution in [2.75, 3.05) is 0 Å². The quantitative estimate of drug-likeness (QED) is 0.668. The number of hydrogen-bond donors (Lipinski definition) is 1. The Bertz CT molecular complexity index is 371. The van der Waals surface area contributed by atoms with E-state index in [2.05, 4.69) is 0 Å². The molecule has 1 aromatic rings. The first-order valence-electron chi connectivity index (χ1n) is 4.38. The topological polar surface area (TPSA) is 23.9 Å². The average Bonchev–Trinajstić information content (AvgIpc) is 2.20. The Labute approximate surface area is 77.9 Å². The van der Waals surface area contributed by atoms with Crippen LogP contribution in [0.4, 0.5) is 0 Å². The fourth-order valence-corrected chi connectivity index (χ4v) is 1.45. The molecule has 0 aromatic heterocycles. The van der Waals surface area contributed by atoms with Crippen LogP contribution in [0.1, 0.15) is 12.0 Å². The smallest absolute Gasteiger partial charge is 0.0429 e. The summed E-state index contributed by atoms with van der Waals surface area (Å²) in [5.41, 5.74) is 2.88. The molecule has 0 aliphatic heterocycles. The van der Waals surface area contributed by atoms with E-state index >= 15 is 0 Å². The van der Waals surface area contributed by atoms with Crippen molar-refractivity contribution in [3.8, 4) is 0 Å². The highest BCUT2D eigenvalue weighted by Crippen LogP contribution is 2.19. The van der Waals surface area contributed by atoms with E-state index < -0.39 is 0 Å². The van der Waals surface area contributed by atoms with Gasteiger partial charge in [-0.15, -0.1) is 0 Å². The van der Waals surface area contributed by atoms with Crippen LogP contribution in [0.2, 0.25) is 0 Å². The average molecular weight is 169 g/mol. The van der Waals surface area contributed by atoms with Gasteiger partial charge in [0.05, 0.1) is 0 Å². The fourth-order valence-electron chi connectivity index (χ4n) is 1.45. The molecule has 0 radical (unpaired) electrons.